The summed E-state index contributed by atoms with van der Waals surface area (Å²) in [6.07, 6.45) is 6.77. The monoisotopic (exact) mass is 467 g/mol. The number of terminal acetylenes is 1. The predicted octanol–water partition coefficient (Wildman–Crippen LogP) is 3.46. The molecule has 0 radical (unpaired) electrons. The van der Waals surface area contributed by atoms with Crippen LogP contribution in [0, 0.1) is 12.3 Å². The van der Waals surface area contributed by atoms with Gasteiger partial charge in [0.1, 0.15) is 0 Å². The lowest BCUT2D eigenvalue weighted by Crippen LogP contribution is -2.28. The Morgan fingerprint density at radius 3 is 2.61 bits per heavy atom. The maximum absolute atomic E-state index is 12.3. The van der Waals surface area contributed by atoms with Gasteiger partial charge in [0.05, 0.1) is 24.7 Å². The molecule has 1 aromatic carbocycles. The van der Waals surface area contributed by atoms with Crippen molar-refractivity contribution < 1.29 is 28.6 Å². The third kappa shape index (κ3) is 5.30. The number of amides is 2. The Morgan fingerprint density at radius 1 is 1.25 bits per heavy atom. The molecule has 0 aromatic heterocycles. The van der Waals surface area contributed by atoms with Crippen molar-refractivity contribution in [3.05, 3.63) is 27.1 Å². The van der Waals surface area contributed by atoms with Crippen molar-refractivity contribution in [2.75, 3.05) is 26.4 Å². The van der Waals surface area contributed by atoms with Gasteiger partial charge in [-0.2, -0.15) is 0 Å². The van der Waals surface area contributed by atoms with Gasteiger partial charge in [-0.3, -0.25) is 14.5 Å². The largest absolute Gasteiger partial charge is 0.490 e. The van der Waals surface area contributed by atoms with Crippen LogP contribution in [0.4, 0.5) is 4.79 Å². The van der Waals surface area contributed by atoms with Gasteiger partial charge in [-0.1, -0.05) is 21.9 Å². The molecule has 2 amide bonds. The van der Waals surface area contributed by atoms with Crippen molar-refractivity contribution in [2.24, 2.45) is 0 Å². The first-order chi connectivity index (χ1) is 13.4. The number of thioether (sulfide) groups is 1. The quantitative estimate of drug-likeness (QED) is 0.328. The molecule has 1 saturated heterocycles. The maximum Gasteiger partial charge on any atom is 0.344 e. The number of halogens is 1. The van der Waals surface area contributed by atoms with Gasteiger partial charge in [-0.05, 0) is 49.4 Å². The molecule has 28 heavy (non-hydrogen) atoms. The molecule has 0 atom stereocenters. The maximum atomic E-state index is 12.3. The van der Waals surface area contributed by atoms with Gasteiger partial charge in [-0.15, -0.1) is 6.42 Å². The van der Waals surface area contributed by atoms with Crippen LogP contribution in [0.15, 0.2) is 21.5 Å². The molecule has 0 saturated carbocycles. The normalized spacial score (nSPS) is 14.9. The smallest absolute Gasteiger partial charge is 0.344 e. The second-order valence-corrected chi connectivity index (χ2v) is 7.17. The minimum atomic E-state index is -0.493. The summed E-state index contributed by atoms with van der Waals surface area (Å²) in [6, 6.07) is 3.28. The van der Waals surface area contributed by atoms with E-state index in [0.29, 0.717) is 28.1 Å². The summed E-state index contributed by atoms with van der Waals surface area (Å²) in [5.41, 5.74) is 0.609. The van der Waals surface area contributed by atoms with Crippen LogP contribution in [-0.4, -0.2) is 48.4 Å². The average molecular weight is 468 g/mol. The number of imide groups is 1. The van der Waals surface area contributed by atoms with Crippen molar-refractivity contribution >= 4 is 50.9 Å². The highest BCUT2D eigenvalue weighted by atomic mass is 79.9. The van der Waals surface area contributed by atoms with Crippen LogP contribution >= 0.6 is 27.7 Å². The highest BCUT2D eigenvalue weighted by Gasteiger charge is 2.34. The zero-order chi connectivity index (χ0) is 20.7. The van der Waals surface area contributed by atoms with Crippen molar-refractivity contribution in [3.8, 4) is 23.8 Å². The van der Waals surface area contributed by atoms with Crippen molar-refractivity contribution in [1.29, 1.82) is 0 Å². The molecule has 1 fully saturated rings. The first kappa shape index (κ1) is 21.9. The molecular weight excluding hydrogens is 450 g/mol. The number of carbonyl (C=O) groups excluding carboxylic acids is 3. The van der Waals surface area contributed by atoms with E-state index < -0.39 is 17.1 Å². The molecule has 7 nitrogen and oxygen atoms in total. The number of ether oxygens (including phenoxy) is 3. The van der Waals surface area contributed by atoms with Crippen molar-refractivity contribution in [1.82, 2.24) is 4.90 Å². The van der Waals surface area contributed by atoms with E-state index in [-0.39, 0.29) is 24.7 Å². The summed E-state index contributed by atoms with van der Waals surface area (Å²) in [4.78, 5) is 37.0. The lowest BCUT2D eigenvalue weighted by Gasteiger charge is -2.14. The minimum absolute atomic E-state index is 0.0754. The molecule has 1 heterocycles. The molecule has 9 heteroatoms. The van der Waals surface area contributed by atoms with Crippen LogP contribution < -0.4 is 9.47 Å². The fraction of sp³-hybridized carbons (Fsp3) is 0.316. The van der Waals surface area contributed by atoms with Gasteiger partial charge in [-0.25, -0.2) is 4.79 Å². The van der Waals surface area contributed by atoms with E-state index in [2.05, 4.69) is 21.9 Å². The summed E-state index contributed by atoms with van der Waals surface area (Å²) < 4.78 is 16.5. The van der Waals surface area contributed by atoms with Crippen molar-refractivity contribution in [2.45, 2.75) is 13.8 Å². The van der Waals surface area contributed by atoms with Gasteiger partial charge in [0.2, 0.25) is 0 Å². The molecule has 0 bridgehead atoms. The molecule has 1 aliphatic heterocycles. The van der Waals surface area contributed by atoms with Crippen LogP contribution in [0.25, 0.3) is 6.08 Å². The second-order valence-electron chi connectivity index (χ2n) is 5.32. The standard InChI is InChI=1S/C19H18BrNO6S/c1-4-7-21-18(23)16(28-19(21)24)9-12-8-14(25-5-2)15(10-13(12)20)27-11-17(22)26-6-3/h1,8-10H,5-7,11H2,2-3H3/b16-9+. The summed E-state index contributed by atoms with van der Waals surface area (Å²) in [6.45, 7) is 3.81. The van der Waals surface area contributed by atoms with Crippen LogP contribution in [0.3, 0.4) is 0 Å². The number of rotatable bonds is 8. The van der Waals surface area contributed by atoms with Gasteiger partial charge in [0.15, 0.2) is 18.1 Å². The number of carbonyl (C=O) groups is 3. The Bertz CT molecular complexity index is 861. The lowest BCUT2D eigenvalue weighted by molar-refractivity contribution is -0.145. The van der Waals surface area contributed by atoms with Gasteiger partial charge in [0.25, 0.3) is 11.1 Å². The molecule has 1 aromatic rings. The fourth-order valence-corrected chi connectivity index (χ4v) is 3.52. The van der Waals surface area contributed by atoms with Gasteiger partial charge in [0, 0.05) is 4.47 Å². The molecule has 2 rings (SSSR count). The molecule has 1 aliphatic rings. The molecule has 0 N–H and O–H groups in total. The Labute approximate surface area is 175 Å². The third-order valence-electron chi connectivity index (χ3n) is 3.42. The zero-order valence-corrected chi connectivity index (χ0v) is 17.7. The van der Waals surface area contributed by atoms with Crippen molar-refractivity contribution in [3.63, 3.8) is 0 Å². The van der Waals surface area contributed by atoms with Gasteiger partial charge < -0.3 is 14.2 Å². The molecule has 0 spiro atoms. The highest BCUT2D eigenvalue weighted by Crippen LogP contribution is 2.38. The van der Waals surface area contributed by atoms with Crippen LogP contribution in [0.2, 0.25) is 0 Å². The van der Waals surface area contributed by atoms with Crippen LogP contribution in [0.5, 0.6) is 11.5 Å². The predicted molar refractivity (Wildman–Crippen MR) is 109 cm³/mol. The van der Waals surface area contributed by atoms with Crippen LogP contribution in [0.1, 0.15) is 19.4 Å². The first-order valence-corrected chi connectivity index (χ1v) is 9.95. The molecule has 0 aliphatic carbocycles. The summed E-state index contributed by atoms with van der Waals surface area (Å²) in [7, 11) is 0. The fourth-order valence-electron chi connectivity index (χ4n) is 2.25. The van der Waals surface area contributed by atoms with E-state index in [1.54, 1.807) is 25.1 Å². The first-order valence-electron chi connectivity index (χ1n) is 8.34. The third-order valence-corrected chi connectivity index (χ3v) is 5.02. The number of hydrogen-bond acceptors (Lipinski definition) is 7. The highest BCUT2D eigenvalue weighted by molar-refractivity contribution is 9.10. The Morgan fingerprint density at radius 2 is 1.96 bits per heavy atom. The number of nitrogens with zero attached hydrogens (tertiary/aromatic N) is 1. The topological polar surface area (TPSA) is 82.1 Å². The Hall–Kier alpha value is -2.44. The van der Waals surface area contributed by atoms with Crippen LogP contribution in [-0.2, 0) is 14.3 Å². The second kappa shape index (κ2) is 10.2. The van der Waals surface area contributed by atoms with E-state index in [0.717, 1.165) is 16.7 Å². The van der Waals surface area contributed by atoms with E-state index in [4.69, 9.17) is 20.6 Å². The number of benzene rings is 1. The number of esters is 1. The molecular formula is C19H18BrNO6S. The van der Waals surface area contributed by atoms with E-state index in [1.165, 1.54) is 0 Å². The Kier molecular flexibility index (Phi) is 7.96. The summed E-state index contributed by atoms with van der Waals surface area (Å²) in [5.74, 6) is 2.09. The number of hydrogen-bond donors (Lipinski definition) is 0. The molecule has 0 unspecified atom stereocenters. The minimum Gasteiger partial charge on any atom is -0.490 e. The van der Waals surface area contributed by atoms with E-state index in [9.17, 15) is 14.4 Å². The SMILES string of the molecule is C#CCN1C(=O)S/C(=C/c2cc(OCC)c(OCC(=O)OCC)cc2Br)C1=O. The Balaban J connectivity index is 2.30. The summed E-state index contributed by atoms with van der Waals surface area (Å²) >= 11 is 4.23. The summed E-state index contributed by atoms with van der Waals surface area (Å²) in [5, 5.41) is -0.412. The zero-order valence-electron chi connectivity index (χ0n) is 15.3. The lowest BCUT2D eigenvalue weighted by atomic mass is 10.2. The van der Waals surface area contributed by atoms with Gasteiger partial charge >= 0.3 is 5.97 Å². The molecule has 148 valence electrons. The average Bonchev–Trinajstić information content (AvgIpc) is 2.91. The van der Waals surface area contributed by atoms with E-state index >= 15 is 0 Å². The van der Waals surface area contributed by atoms with E-state index in [1.807, 2.05) is 6.92 Å².